The number of hydrogen-bond acceptors (Lipinski definition) is 5. The van der Waals surface area contributed by atoms with E-state index in [-0.39, 0.29) is 36.1 Å². The van der Waals surface area contributed by atoms with Crippen LogP contribution in [-0.2, 0) is 26.9 Å². The Labute approximate surface area is 214 Å². The Morgan fingerprint density at radius 2 is 2.05 bits per heavy atom. The largest absolute Gasteiger partial charge is 0.483 e. The molecule has 1 aromatic heterocycles. The third-order valence-electron chi connectivity index (χ3n) is 7.49. The number of esters is 1. The summed E-state index contributed by atoms with van der Waals surface area (Å²) in [5.41, 5.74) is -1.50. The second kappa shape index (κ2) is 10.7. The quantitative estimate of drug-likeness (QED) is 0.249. The third kappa shape index (κ3) is 5.45. The zero-order valence-corrected chi connectivity index (χ0v) is 21.3. The average molecular weight is 519 g/mol. The number of para-hydroxylation sites is 1. The number of alkyl halides is 3. The number of allylic oxidation sites excluding steroid dienone is 1. The van der Waals surface area contributed by atoms with Crippen molar-refractivity contribution in [3.63, 3.8) is 0 Å². The SMILES string of the molecule is C=CCCCCC[C@H](C)C(=O)N1C[C@@]2(CCc3c(c(C(F)(F)F)nc4ccccc34)O2)C[C@H]1C(=O)OC. The Bertz CT molecular complexity index is 1180. The number of ether oxygens (including phenoxy) is 2. The summed E-state index contributed by atoms with van der Waals surface area (Å²) < 4.78 is 53.3. The number of nitrogens with zero attached hydrogens (tertiary/aromatic N) is 2. The van der Waals surface area contributed by atoms with Gasteiger partial charge in [-0.2, -0.15) is 13.2 Å². The average Bonchev–Trinajstić information content (AvgIpc) is 3.24. The third-order valence-corrected chi connectivity index (χ3v) is 7.49. The maximum Gasteiger partial charge on any atom is 0.437 e. The smallest absolute Gasteiger partial charge is 0.437 e. The molecule has 1 saturated heterocycles. The van der Waals surface area contributed by atoms with Crippen LogP contribution in [0.5, 0.6) is 5.75 Å². The van der Waals surface area contributed by atoms with Gasteiger partial charge in [-0.25, -0.2) is 9.78 Å². The predicted molar refractivity (Wildman–Crippen MR) is 133 cm³/mol. The monoisotopic (exact) mass is 518 g/mol. The molecule has 200 valence electrons. The first kappa shape index (κ1) is 26.9. The first-order valence-electron chi connectivity index (χ1n) is 12.8. The van der Waals surface area contributed by atoms with Gasteiger partial charge in [-0.15, -0.1) is 6.58 Å². The summed E-state index contributed by atoms with van der Waals surface area (Å²) in [4.78, 5) is 31.5. The number of carbonyl (C=O) groups is 2. The Morgan fingerprint density at radius 1 is 1.30 bits per heavy atom. The standard InChI is InChI=1S/C28H33F3N2O4/c1-4-5-6-7-8-11-18(2)25(34)33-17-27(16-22(33)26(35)36-3)15-14-20-19-12-9-10-13-21(19)32-24(23(20)37-27)28(29,30)31/h4,9-10,12-13,18,22H,1,5-8,11,14-17H2,2-3H3/t18-,22-,27+/m0/s1. The van der Waals surface area contributed by atoms with Crippen LogP contribution in [0.2, 0.25) is 0 Å². The first-order valence-corrected chi connectivity index (χ1v) is 12.8. The fourth-order valence-electron chi connectivity index (χ4n) is 5.54. The molecule has 2 aliphatic rings. The van der Waals surface area contributed by atoms with Gasteiger partial charge in [-0.1, -0.05) is 44.0 Å². The molecule has 1 aromatic carbocycles. The summed E-state index contributed by atoms with van der Waals surface area (Å²) in [6, 6.07) is 5.78. The molecule has 4 rings (SSSR count). The van der Waals surface area contributed by atoms with Crippen LogP contribution in [0.4, 0.5) is 13.2 Å². The van der Waals surface area contributed by atoms with Gasteiger partial charge >= 0.3 is 12.1 Å². The van der Waals surface area contributed by atoms with E-state index in [9.17, 15) is 22.8 Å². The van der Waals surface area contributed by atoms with E-state index >= 15 is 0 Å². The van der Waals surface area contributed by atoms with E-state index in [1.807, 2.05) is 13.0 Å². The number of fused-ring (bicyclic) bond motifs is 3. The minimum Gasteiger partial charge on any atom is -0.483 e. The highest BCUT2D eigenvalue weighted by molar-refractivity contribution is 5.87. The van der Waals surface area contributed by atoms with Crippen molar-refractivity contribution in [2.75, 3.05) is 13.7 Å². The fourth-order valence-corrected chi connectivity index (χ4v) is 5.54. The molecule has 3 heterocycles. The number of rotatable bonds is 8. The summed E-state index contributed by atoms with van der Waals surface area (Å²) in [5.74, 6) is -1.44. The second-order valence-electron chi connectivity index (χ2n) is 10.1. The second-order valence-corrected chi connectivity index (χ2v) is 10.1. The lowest BCUT2D eigenvalue weighted by atomic mass is 9.87. The van der Waals surface area contributed by atoms with Crippen molar-refractivity contribution in [2.24, 2.45) is 5.92 Å². The number of carbonyl (C=O) groups excluding carboxylic acids is 2. The predicted octanol–water partition coefficient (Wildman–Crippen LogP) is 5.86. The van der Waals surface area contributed by atoms with Gasteiger partial charge in [0.25, 0.3) is 0 Å². The van der Waals surface area contributed by atoms with Crippen molar-refractivity contribution in [3.05, 3.63) is 48.2 Å². The molecule has 0 radical (unpaired) electrons. The van der Waals surface area contributed by atoms with E-state index in [0.717, 1.165) is 25.7 Å². The van der Waals surface area contributed by atoms with Crippen molar-refractivity contribution < 1.29 is 32.2 Å². The summed E-state index contributed by atoms with van der Waals surface area (Å²) >= 11 is 0. The van der Waals surface area contributed by atoms with Crippen molar-refractivity contribution in [3.8, 4) is 5.75 Å². The van der Waals surface area contributed by atoms with Crippen molar-refractivity contribution >= 4 is 22.8 Å². The Balaban J connectivity index is 1.62. The van der Waals surface area contributed by atoms with E-state index in [1.54, 1.807) is 24.3 Å². The van der Waals surface area contributed by atoms with Crippen molar-refractivity contribution in [1.82, 2.24) is 9.88 Å². The van der Waals surface area contributed by atoms with E-state index in [4.69, 9.17) is 9.47 Å². The number of hydrogen-bond donors (Lipinski definition) is 0. The van der Waals surface area contributed by atoms with Gasteiger partial charge in [-0.05, 0) is 38.2 Å². The Kier molecular flexibility index (Phi) is 7.80. The number of pyridine rings is 1. The van der Waals surface area contributed by atoms with Crippen LogP contribution in [0.1, 0.15) is 63.1 Å². The molecule has 3 atom stereocenters. The zero-order valence-electron chi connectivity index (χ0n) is 21.3. The molecule has 0 aliphatic carbocycles. The molecule has 1 fully saturated rings. The van der Waals surface area contributed by atoms with Crippen LogP contribution >= 0.6 is 0 Å². The van der Waals surface area contributed by atoms with E-state index in [0.29, 0.717) is 30.2 Å². The van der Waals surface area contributed by atoms with Crippen molar-refractivity contribution in [2.45, 2.75) is 76.1 Å². The van der Waals surface area contributed by atoms with Gasteiger partial charge in [0, 0.05) is 23.3 Å². The van der Waals surface area contributed by atoms with Gasteiger partial charge in [0.05, 0.1) is 19.2 Å². The van der Waals surface area contributed by atoms with Crippen LogP contribution in [0.15, 0.2) is 36.9 Å². The maximum atomic E-state index is 14.1. The Hall–Kier alpha value is -3.10. The number of amides is 1. The molecule has 9 heteroatoms. The lowest BCUT2D eigenvalue weighted by Gasteiger charge is -2.37. The number of benzene rings is 1. The highest BCUT2D eigenvalue weighted by Gasteiger charge is 2.54. The van der Waals surface area contributed by atoms with Crippen LogP contribution in [0.25, 0.3) is 10.9 Å². The molecule has 1 amide bonds. The highest BCUT2D eigenvalue weighted by Crippen LogP contribution is 2.48. The summed E-state index contributed by atoms with van der Waals surface area (Å²) in [5, 5.41) is 0.612. The van der Waals surface area contributed by atoms with E-state index in [1.165, 1.54) is 12.0 Å². The van der Waals surface area contributed by atoms with Crippen LogP contribution < -0.4 is 4.74 Å². The molecule has 2 aliphatic heterocycles. The number of aryl methyl sites for hydroxylation is 1. The summed E-state index contributed by atoms with van der Waals surface area (Å²) in [6.07, 6.45) is 2.31. The molecule has 6 nitrogen and oxygen atoms in total. The fraction of sp³-hybridized carbons (Fsp3) is 0.536. The highest BCUT2D eigenvalue weighted by atomic mass is 19.4. The number of likely N-dealkylation sites (tertiary alicyclic amines) is 1. The van der Waals surface area contributed by atoms with Gasteiger partial charge < -0.3 is 14.4 Å². The topological polar surface area (TPSA) is 68.7 Å². The molecule has 0 saturated carbocycles. The molecular formula is C28H33F3N2O4. The Morgan fingerprint density at radius 3 is 2.76 bits per heavy atom. The number of methoxy groups -OCH3 is 1. The molecular weight excluding hydrogens is 485 g/mol. The lowest BCUT2D eigenvalue weighted by Crippen LogP contribution is -2.46. The van der Waals surface area contributed by atoms with Crippen LogP contribution in [0.3, 0.4) is 0 Å². The van der Waals surface area contributed by atoms with Crippen LogP contribution in [0, 0.1) is 5.92 Å². The van der Waals surface area contributed by atoms with Crippen molar-refractivity contribution in [1.29, 1.82) is 0 Å². The molecule has 37 heavy (non-hydrogen) atoms. The summed E-state index contributed by atoms with van der Waals surface area (Å²) in [6.45, 7) is 5.56. The zero-order chi connectivity index (χ0) is 26.8. The van der Waals surface area contributed by atoms with E-state index < -0.39 is 29.5 Å². The molecule has 0 N–H and O–H groups in total. The van der Waals surface area contributed by atoms with Gasteiger partial charge in [-0.3, -0.25) is 4.79 Å². The number of unbranched alkanes of at least 4 members (excludes halogenated alkanes) is 3. The minimum absolute atomic E-state index is 0.0238. The molecule has 2 aromatic rings. The van der Waals surface area contributed by atoms with Gasteiger partial charge in [0.2, 0.25) is 5.91 Å². The van der Waals surface area contributed by atoms with Crippen LogP contribution in [-0.4, -0.2) is 47.1 Å². The summed E-state index contributed by atoms with van der Waals surface area (Å²) in [7, 11) is 1.24. The first-order chi connectivity index (χ1) is 17.6. The number of halogens is 3. The van der Waals surface area contributed by atoms with Gasteiger partial charge in [0.15, 0.2) is 11.4 Å². The molecule has 1 spiro atoms. The maximum absolute atomic E-state index is 14.1. The number of aromatic nitrogens is 1. The van der Waals surface area contributed by atoms with Gasteiger partial charge in [0.1, 0.15) is 11.6 Å². The normalized spacial score (nSPS) is 22.0. The molecule has 0 bridgehead atoms. The lowest BCUT2D eigenvalue weighted by molar-refractivity contribution is -0.152. The minimum atomic E-state index is -4.72. The van der Waals surface area contributed by atoms with E-state index in [2.05, 4.69) is 11.6 Å². The molecule has 0 unspecified atom stereocenters.